The van der Waals surface area contributed by atoms with E-state index >= 15 is 0 Å². The highest BCUT2D eigenvalue weighted by molar-refractivity contribution is 5.76. The highest BCUT2D eigenvalue weighted by Crippen LogP contribution is 2.20. The van der Waals surface area contributed by atoms with Crippen molar-refractivity contribution in [1.29, 1.82) is 0 Å². The number of carbonyl (C=O) groups is 1. The van der Waals surface area contributed by atoms with E-state index in [-0.39, 0.29) is 11.4 Å². The SMILES string of the molecule is CCCN(CCC(=O)NC1CC1)C(C)(CC)CN. The van der Waals surface area contributed by atoms with Crippen LogP contribution >= 0.6 is 0 Å². The Morgan fingerprint density at radius 1 is 1.39 bits per heavy atom. The average molecular weight is 255 g/mol. The number of nitrogens with one attached hydrogen (secondary N) is 1. The Bertz CT molecular complexity index is 260. The summed E-state index contributed by atoms with van der Waals surface area (Å²) < 4.78 is 0. The lowest BCUT2D eigenvalue weighted by Crippen LogP contribution is -2.52. The number of nitrogens with two attached hydrogens (primary N) is 1. The molecular formula is C14H29N3O. The van der Waals surface area contributed by atoms with Gasteiger partial charge in [0.25, 0.3) is 0 Å². The van der Waals surface area contributed by atoms with Crippen LogP contribution in [0, 0.1) is 0 Å². The molecule has 106 valence electrons. The maximum absolute atomic E-state index is 11.7. The Morgan fingerprint density at radius 2 is 2.06 bits per heavy atom. The summed E-state index contributed by atoms with van der Waals surface area (Å²) in [5, 5.41) is 3.04. The smallest absolute Gasteiger partial charge is 0.221 e. The Kier molecular flexibility index (Phi) is 6.09. The van der Waals surface area contributed by atoms with Crippen LogP contribution in [0.15, 0.2) is 0 Å². The van der Waals surface area contributed by atoms with Gasteiger partial charge in [-0.25, -0.2) is 0 Å². The third kappa shape index (κ3) is 4.58. The van der Waals surface area contributed by atoms with Gasteiger partial charge >= 0.3 is 0 Å². The van der Waals surface area contributed by atoms with E-state index in [0.717, 1.165) is 38.8 Å². The number of carbonyl (C=O) groups excluding carboxylic acids is 1. The summed E-state index contributed by atoms with van der Waals surface area (Å²) in [6.45, 7) is 9.00. The lowest BCUT2D eigenvalue weighted by Gasteiger charge is -2.40. The molecule has 18 heavy (non-hydrogen) atoms. The van der Waals surface area contributed by atoms with E-state index < -0.39 is 0 Å². The normalized spacial score (nSPS) is 18.7. The summed E-state index contributed by atoms with van der Waals surface area (Å²) in [4.78, 5) is 14.1. The van der Waals surface area contributed by atoms with E-state index in [1.807, 2.05) is 0 Å². The van der Waals surface area contributed by atoms with Gasteiger partial charge in [0, 0.05) is 31.1 Å². The molecule has 0 aromatic carbocycles. The monoisotopic (exact) mass is 255 g/mol. The second kappa shape index (κ2) is 7.10. The van der Waals surface area contributed by atoms with Crippen LogP contribution in [0.5, 0.6) is 0 Å². The molecule has 0 spiro atoms. The topological polar surface area (TPSA) is 58.4 Å². The van der Waals surface area contributed by atoms with Gasteiger partial charge < -0.3 is 11.1 Å². The molecule has 4 nitrogen and oxygen atoms in total. The number of hydrogen-bond acceptors (Lipinski definition) is 3. The van der Waals surface area contributed by atoms with Crippen molar-refractivity contribution >= 4 is 5.91 Å². The maximum atomic E-state index is 11.7. The number of rotatable bonds is 9. The fourth-order valence-corrected chi connectivity index (χ4v) is 2.18. The highest BCUT2D eigenvalue weighted by Gasteiger charge is 2.29. The van der Waals surface area contributed by atoms with Crippen molar-refractivity contribution in [3.63, 3.8) is 0 Å². The van der Waals surface area contributed by atoms with Gasteiger partial charge in [0.05, 0.1) is 0 Å². The van der Waals surface area contributed by atoms with Crippen LogP contribution in [0.25, 0.3) is 0 Å². The first-order valence-electron chi connectivity index (χ1n) is 7.30. The molecule has 0 aliphatic heterocycles. The predicted octanol–water partition coefficient (Wildman–Crippen LogP) is 1.49. The van der Waals surface area contributed by atoms with Crippen molar-refractivity contribution in [3.8, 4) is 0 Å². The van der Waals surface area contributed by atoms with Crippen LogP contribution in [0.1, 0.15) is 52.9 Å². The minimum atomic E-state index is 0.0237. The Morgan fingerprint density at radius 3 is 2.50 bits per heavy atom. The predicted molar refractivity (Wildman–Crippen MR) is 75.4 cm³/mol. The van der Waals surface area contributed by atoms with Crippen LogP contribution in [0.2, 0.25) is 0 Å². The molecule has 1 rings (SSSR count). The van der Waals surface area contributed by atoms with Crippen LogP contribution in [-0.4, -0.2) is 42.0 Å². The number of nitrogens with zero attached hydrogens (tertiary/aromatic N) is 1. The van der Waals surface area contributed by atoms with E-state index in [1.165, 1.54) is 0 Å². The lowest BCUT2D eigenvalue weighted by atomic mass is 9.96. The van der Waals surface area contributed by atoms with Gasteiger partial charge in [-0.2, -0.15) is 0 Å². The van der Waals surface area contributed by atoms with Crippen molar-refractivity contribution in [2.75, 3.05) is 19.6 Å². The summed E-state index contributed by atoms with van der Waals surface area (Å²) in [7, 11) is 0. The van der Waals surface area contributed by atoms with Crippen molar-refractivity contribution in [2.45, 2.75) is 64.5 Å². The third-order valence-corrected chi connectivity index (χ3v) is 4.01. The first-order chi connectivity index (χ1) is 8.55. The highest BCUT2D eigenvalue weighted by atomic mass is 16.1. The summed E-state index contributed by atoms with van der Waals surface area (Å²) in [6, 6.07) is 0.462. The van der Waals surface area contributed by atoms with Gasteiger partial charge in [-0.05, 0) is 39.2 Å². The van der Waals surface area contributed by atoms with E-state index in [2.05, 4.69) is 31.0 Å². The Hall–Kier alpha value is -0.610. The van der Waals surface area contributed by atoms with Gasteiger partial charge in [-0.15, -0.1) is 0 Å². The zero-order chi connectivity index (χ0) is 13.6. The number of hydrogen-bond donors (Lipinski definition) is 2. The minimum absolute atomic E-state index is 0.0237. The molecule has 1 aliphatic rings. The van der Waals surface area contributed by atoms with Gasteiger partial charge in [-0.3, -0.25) is 9.69 Å². The molecule has 1 saturated carbocycles. The summed E-state index contributed by atoms with van der Waals surface area (Å²) >= 11 is 0. The van der Waals surface area contributed by atoms with E-state index in [0.29, 0.717) is 19.0 Å². The lowest BCUT2D eigenvalue weighted by molar-refractivity contribution is -0.121. The summed E-state index contributed by atoms with van der Waals surface area (Å²) in [5.41, 5.74) is 5.93. The summed E-state index contributed by atoms with van der Waals surface area (Å²) in [6.07, 6.45) is 5.01. The zero-order valence-electron chi connectivity index (χ0n) is 12.2. The molecule has 0 aromatic rings. The molecule has 0 radical (unpaired) electrons. The van der Waals surface area contributed by atoms with Crippen LogP contribution in [-0.2, 0) is 4.79 Å². The van der Waals surface area contributed by atoms with Gasteiger partial charge in [-0.1, -0.05) is 13.8 Å². The van der Waals surface area contributed by atoms with Gasteiger partial charge in [0.15, 0.2) is 0 Å². The van der Waals surface area contributed by atoms with Crippen molar-refractivity contribution in [2.24, 2.45) is 5.73 Å². The Balaban J connectivity index is 2.42. The zero-order valence-corrected chi connectivity index (χ0v) is 12.2. The fraction of sp³-hybridized carbons (Fsp3) is 0.929. The molecule has 0 heterocycles. The molecule has 0 aromatic heterocycles. The van der Waals surface area contributed by atoms with E-state index in [1.54, 1.807) is 0 Å². The molecule has 1 unspecified atom stereocenters. The van der Waals surface area contributed by atoms with E-state index in [9.17, 15) is 4.79 Å². The largest absolute Gasteiger partial charge is 0.353 e. The Labute approximate surface area is 111 Å². The second-order valence-electron chi connectivity index (χ2n) is 5.63. The molecular weight excluding hydrogens is 226 g/mol. The molecule has 4 heteroatoms. The number of amides is 1. The first kappa shape index (κ1) is 15.4. The fourth-order valence-electron chi connectivity index (χ4n) is 2.18. The first-order valence-corrected chi connectivity index (χ1v) is 7.30. The van der Waals surface area contributed by atoms with Crippen molar-refractivity contribution < 1.29 is 4.79 Å². The second-order valence-corrected chi connectivity index (χ2v) is 5.63. The standard InChI is InChI=1S/C14H29N3O/c1-4-9-17(14(3,5-2)11-15)10-8-13(18)16-12-6-7-12/h12H,4-11,15H2,1-3H3,(H,16,18). The van der Waals surface area contributed by atoms with Gasteiger partial charge in [0.1, 0.15) is 0 Å². The molecule has 3 N–H and O–H groups in total. The molecule has 1 fully saturated rings. The molecule has 0 saturated heterocycles. The van der Waals surface area contributed by atoms with Crippen LogP contribution < -0.4 is 11.1 Å². The van der Waals surface area contributed by atoms with Crippen molar-refractivity contribution in [3.05, 3.63) is 0 Å². The molecule has 1 amide bonds. The third-order valence-electron chi connectivity index (χ3n) is 4.01. The van der Waals surface area contributed by atoms with E-state index in [4.69, 9.17) is 5.73 Å². The van der Waals surface area contributed by atoms with Gasteiger partial charge in [0.2, 0.25) is 5.91 Å². The molecule has 1 aliphatic carbocycles. The van der Waals surface area contributed by atoms with Crippen LogP contribution in [0.3, 0.4) is 0 Å². The van der Waals surface area contributed by atoms with Crippen molar-refractivity contribution in [1.82, 2.24) is 10.2 Å². The quantitative estimate of drug-likeness (QED) is 0.656. The molecule has 1 atom stereocenters. The summed E-state index contributed by atoms with van der Waals surface area (Å²) in [5.74, 6) is 0.189. The maximum Gasteiger partial charge on any atom is 0.221 e. The molecule has 0 bridgehead atoms. The minimum Gasteiger partial charge on any atom is -0.353 e. The van der Waals surface area contributed by atoms with Crippen LogP contribution in [0.4, 0.5) is 0 Å². The average Bonchev–Trinajstić information content (AvgIpc) is 3.17.